The smallest absolute Gasteiger partial charge is 0.250 e. The van der Waals surface area contributed by atoms with Gasteiger partial charge >= 0.3 is 0 Å². The number of sulfonamides is 1. The normalized spacial score (nSPS) is 13.0. The molecule has 8 heteroatoms. The van der Waals surface area contributed by atoms with Crippen LogP contribution in [-0.2, 0) is 21.4 Å². The summed E-state index contributed by atoms with van der Waals surface area (Å²) in [7, 11) is -3.72. The number of amides is 1. The largest absolute Gasteiger partial charge is 0.351 e. The van der Waals surface area contributed by atoms with Crippen molar-refractivity contribution in [1.82, 2.24) is 10.0 Å². The Labute approximate surface area is 151 Å². The molecule has 0 bridgehead atoms. The van der Waals surface area contributed by atoms with Crippen molar-refractivity contribution < 1.29 is 13.2 Å². The fraction of sp³-hybridized carbons (Fsp3) is 0.312. The zero-order valence-corrected chi connectivity index (χ0v) is 15.7. The van der Waals surface area contributed by atoms with Crippen molar-refractivity contribution in [2.24, 2.45) is 5.92 Å². The highest BCUT2D eigenvalue weighted by Gasteiger charge is 2.28. The Hall–Kier alpha value is -1.41. The van der Waals surface area contributed by atoms with Crippen molar-refractivity contribution in [3.05, 3.63) is 52.4 Å². The summed E-state index contributed by atoms with van der Waals surface area (Å²) in [4.78, 5) is 12.4. The van der Waals surface area contributed by atoms with Gasteiger partial charge in [0.2, 0.25) is 5.91 Å². The van der Waals surface area contributed by atoms with Crippen LogP contribution in [0.4, 0.5) is 0 Å². The summed E-state index contributed by atoms with van der Waals surface area (Å²) in [6.45, 7) is 3.82. The molecule has 0 aliphatic heterocycles. The maximum absolute atomic E-state index is 12.4. The summed E-state index contributed by atoms with van der Waals surface area (Å²) in [6, 6.07) is 9.48. The second-order valence-electron chi connectivity index (χ2n) is 5.58. The first-order chi connectivity index (χ1) is 11.3. The fourth-order valence-electron chi connectivity index (χ4n) is 2.07. The summed E-state index contributed by atoms with van der Waals surface area (Å²) in [5.74, 6) is -0.587. The number of benzene rings is 1. The van der Waals surface area contributed by atoms with Crippen molar-refractivity contribution in [3.63, 3.8) is 0 Å². The maximum Gasteiger partial charge on any atom is 0.250 e. The summed E-state index contributed by atoms with van der Waals surface area (Å²) in [5, 5.41) is 4.97. The van der Waals surface area contributed by atoms with Crippen LogP contribution in [0, 0.1) is 5.92 Å². The minimum Gasteiger partial charge on any atom is -0.351 e. The maximum atomic E-state index is 12.4. The van der Waals surface area contributed by atoms with E-state index in [0.717, 1.165) is 16.9 Å². The third-order valence-electron chi connectivity index (χ3n) is 3.40. The van der Waals surface area contributed by atoms with Gasteiger partial charge in [-0.3, -0.25) is 4.79 Å². The number of hydrogen-bond donors (Lipinski definition) is 2. The monoisotopic (exact) mass is 386 g/mol. The second-order valence-corrected chi connectivity index (χ2v) is 8.88. The van der Waals surface area contributed by atoms with Crippen LogP contribution >= 0.6 is 22.9 Å². The summed E-state index contributed by atoms with van der Waals surface area (Å²) >= 11 is 7.17. The van der Waals surface area contributed by atoms with Gasteiger partial charge in [0.1, 0.15) is 10.3 Å². The average Bonchev–Trinajstić information content (AvgIpc) is 3.06. The van der Waals surface area contributed by atoms with E-state index in [4.69, 9.17) is 11.6 Å². The van der Waals surface area contributed by atoms with Crippen LogP contribution in [0.5, 0.6) is 0 Å². The molecule has 2 N–H and O–H groups in total. The number of hydrogen-bond acceptors (Lipinski definition) is 4. The Morgan fingerprint density at radius 3 is 2.50 bits per heavy atom. The van der Waals surface area contributed by atoms with Crippen LogP contribution in [0.15, 0.2) is 46.0 Å². The molecule has 0 fully saturated rings. The molecule has 0 saturated heterocycles. The third kappa shape index (κ3) is 4.80. The lowest BCUT2D eigenvalue weighted by Gasteiger charge is -2.21. The second kappa shape index (κ2) is 8.11. The molecule has 0 saturated carbocycles. The van der Waals surface area contributed by atoms with Crippen molar-refractivity contribution in [2.75, 3.05) is 0 Å². The Morgan fingerprint density at radius 1 is 1.21 bits per heavy atom. The van der Waals surface area contributed by atoms with Crippen molar-refractivity contribution in [3.8, 4) is 0 Å². The molecule has 1 aromatic carbocycles. The van der Waals surface area contributed by atoms with Gasteiger partial charge in [-0.1, -0.05) is 49.7 Å². The summed E-state index contributed by atoms with van der Waals surface area (Å²) in [6.07, 6.45) is 0. The number of nitrogens with one attached hydrogen (secondary N) is 2. The Kier molecular flexibility index (Phi) is 6.40. The van der Waals surface area contributed by atoms with Crippen molar-refractivity contribution in [2.45, 2.75) is 30.6 Å². The summed E-state index contributed by atoms with van der Waals surface area (Å²) in [5.41, 5.74) is 0.774. The minimum atomic E-state index is -3.72. The van der Waals surface area contributed by atoms with E-state index >= 15 is 0 Å². The molecule has 0 aliphatic rings. The predicted octanol–water partition coefficient (Wildman–Crippen LogP) is 3.02. The molecule has 0 unspecified atom stereocenters. The van der Waals surface area contributed by atoms with Crippen LogP contribution < -0.4 is 10.0 Å². The molecule has 1 atom stereocenters. The van der Waals surface area contributed by atoms with E-state index in [9.17, 15) is 13.2 Å². The minimum absolute atomic E-state index is 0.187. The predicted molar refractivity (Wildman–Crippen MR) is 96.6 cm³/mol. The van der Waals surface area contributed by atoms with Crippen molar-refractivity contribution >= 4 is 38.9 Å². The summed E-state index contributed by atoms with van der Waals surface area (Å²) < 4.78 is 27.3. The molecule has 5 nitrogen and oxygen atoms in total. The Bertz CT molecular complexity index is 789. The lowest BCUT2D eigenvalue weighted by molar-refractivity contribution is -0.123. The van der Waals surface area contributed by atoms with Gasteiger partial charge in [-0.05, 0) is 29.0 Å². The quantitative estimate of drug-likeness (QED) is 0.768. The van der Waals surface area contributed by atoms with E-state index in [1.54, 1.807) is 37.4 Å². The number of carbonyl (C=O) groups is 1. The lowest BCUT2D eigenvalue weighted by atomic mass is 10.0. The molecule has 24 heavy (non-hydrogen) atoms. The van der Waals surface area contributed by atoms with Gasteiger partial charge in [-0.2, -0.15) is 4.72 Å². The highest BCUT2D eigenvalue weighted by Crippen LogP contribution is 2.18. The van der Waals surface area contributed by atoms with E-state index in [-0.39, 0.29) is 22.6 Å². The molecular weight excluding hydrogens is 368 g/mol. The molecular formula is C16H19ClN2O3S2. The van der Waals surface area contributed by atoms with Gasteiger partial charge < -0.3 is 5.32 Å². The zero-order valence-electron chi connectivity index (χ0n) is 13.3. The molecule has 1 heterocycles. The van der Waals surface area contributed by atoms with Crippen LogP contribution in [0.25, 0.3) is 0 Å². The Morgan fingerprint density at radius 2 is 1.92 bits per heavy atom. The number of carbonyl (C=O) groups excluding carboxylic acids is 1. The first kappa shape index (κ1) is 18.9. The van der Waals surface area contributed by atoms with Gasteiger partial charge in [-0.15, -0.1) is 11.3 Å². The third-order valence-corrected chi connectivity index (χ3v) is 6.61. The lowest BCUT2D eigenvalue weighted by Crippen LogP contribution is -2.49. The van der Waals surface area contributed by atoms with Gasteiger partial charge in [0.25, 0.3) is 10.0 Å². The van der Waals surface area contributed by atoms with E-state index in [1.165, 1.54) is 6.07 Å². The van der Waals surface area contributed by atoms with E-state index in [1.807, 2.05) is 12.1 Å². The molecule has 0 radical (unpaired) electrons. The highest BCUT2D eigenvalue weighted by molar-refractivity contribution is 7.91. The molecule has 0 spiro atoms. The number of halogens is 1. The number of thiophene rings is 1. The van der Waals surface area contributed by atoms with E-state index in [2.05, 4.69) is 10.0 Å². The number of rotatable bonds is 7. The standard InChI is InChI=1S/C16H19ClN2O3S2/c1-11(2)15(19-24(21,22)14-8-5-9-23-14)16(20)18-10-12-6-3-4-7-13(12)17/h3-9,11,15,19H,10H2,1-2H3,(H,18,20)/t15-/m1/s1. The molecule has 0 aliphatic carbocycles. The van der Waals surface area contributed by atoms with Gasteiger partial charge in [0, 0.05) is 11.6 Å². The van der Waals surface area contributed by atoms with E-state index < -0.39 is 16.1 Å². The van der Waals surface area contributed by atoms with Crippen molar-refractivity contribution in [1.29, 1.82) is 0 Å². The molecule has 130 valence electrons. The molecule has 1 aromatic heterocycles. The van der Waals surface area contributed by atoms with Crippen LogP contribution in [0.2, 0.25) is 5.02 Å². The highest BCUT2D eigenvalue weighted by atomic mass is 35.5. The van der Waals surface area contributed by atoms with Gasteiger partial charge in [-0.25, -0.2) is 8.42 Å². The Balaban J connectivity index is 2.07. The van der Waals surface area contributed by atoms with Crippen LogP contribution in [0.3, 0.4) is 0 Å². The molecule has 2 aromatic rings. The van der Waals surface area contributed by atoms with E-state index in [0.29, 0.717) is 5.02 Å². The first-order valence-electron chi connectivity index (χ1n) is 7.38. The van der Waals surface area contributed by atoms with Crippen LogP contribution in [0.1, 0.15) is 19.4 Å². The molecule has 1 amide bonds. The first-order valence-corrected chi connectivity index (χ1v) is 10.1. The van der Waals surface area contributed by atoms with Gasteiger partial charge in [0.15, 0.2) is 0 Å². The molecule has 2 rings (SSSR count). The van der Waals surface area contributed by atoms with Gasteiger partial charge in [0.05, 0.1) is 0 Å². The SMILES string of the molecule is CC(C)[C@@H](NS(=O)(=O)c1cccs1)C(=O)NCc1ccccc1Cl. The average molecular weight is 387 g/mol. The fourth-order valence-corrected chi connectivity index (χ4v) is 4.62. The zero-order chi connectivity index (χ0) is 17.7. The topological polar surface area (TPSA) is 75.3 Å². The van der Waals surface area contributed by atoms with Crippen LogP contribution in [-0.4, -0.2) is 20.4 Å².